The van der Waals surface area contributed by atoms with Gasteiger partial charge >= 0.3 is 0 Å². The zero-order valence-corrected chi connectivity index (χ0v) is 12.4. The Hall–Kier alpha value is -0.430. The van der Waals surface area contributed by atoms with Crippen LogP contribution in [0.3, 0.4) is 0 Å². The maximum absolute atomic E-state index is 6.05. The van der Waals surface area contributed by atoms with Crippen LogP contribution in [0.4, 0.5) is 0 Å². The number of halogens is 1. The van der Waals surface area contributed by atoms with E-state index < -0.39 is 0 Å². The van der Waals surface area contributed by atoms with Crippen LogP contribution in [-0.4, -0.2) is 16.0 Å². The van der Waals surface area contributed by atoms with Gasteiger partial charge in [-0.1, -0.05) is 11.8 Å². The Morgan fingerprint density at radius 2 is 2.35 bits per heavy atom. The summed E-state index contributed by atoms with van der Waals surface area (Å²) in [4.78, 5) is 9.40. The van der Waals surface area contributed by atoms with E-state index in [1.165, 1.54) is 4.88 Å². The lowest BCUT2D eigenvalue weighted by atomic mass is 10.2. The smallest absolute Gasteiger partial charge is 0.116 e. The van der Waals surface area contributed by atoms with Gasteiger partial charge in [0.25, 0.3) is 0 Å². The van der Waals surface area contributed by atoms with Crippen molar-refractivity contribution in [1.82, 2.24) is 9.97 Å². The number of nitrogens with two attached hydrogens (primary N) is 1. The molecule has 2 aromatic heterocycles. The first kappa shape index (κ1) is 13.0. The first-order valence-corrected chi connectivity index (χ1v) is 7.64. The fourth-order valence-electron chi connectivity index (χ4n) is 1.38. The molecule has 0 saturated carbocycles. The molecule has 0 saturated heterocycles. The van der Waals surface area contributed by atoms with Crippen molar-refractivity contribution in [2.45, 2.75) is 23.2 Å². The van der Waals surface area contributed by atoms with Gasteiger partial charge in [0, 0.05) is 27.0 Å². The molecule has 0 aliphatic carbocycles. The second-order valence-electron chi connectivity index (χ2n) is 3.61. The van der Waals surface area contributed by atoms with Crippen molar-refractivity contribution in [3.63, 3.8) is 0 Å². The van der Waals surface area contributed by atoms with Gasteiger partial charge in [0.1, 0.15) is 11.4 Å². The molecule has 3 nitrogen and oxygen atoms in total. The summed E-state index contributed by atoms with van der Waals surface area (Å²) in [5.74, 6) is 0. The van der Waals surface area contributed by atoms with E-state index in [0.717, 1.165) is 9.50 Å². The van der Waals surface area contributed by atoms with Gasteiger partial charge in [-0.3, -0.25) is 0 Å². The van der Waals surface area contributed by atoms with Gasteiger partial charge in [-0.2, -0.15) is 0 Å². The number of nitrogens with zero attached hydrogens (tertiary/aromatic N) is 2. The summed E-state index contributed by atoms with van der Waals surface area (Å²) < 4.78 is 1.10. The van der Waals surface area contributed by atoms with E-state index in [0.29, 0.717) is 0 Å². The summed E-state index contributed by atoms with van der Waals surface area (Å²) in [6.45, 7) is 2.02. The van der Waals surface area contributed by atoms with Gasteiger partial charge in [0.15, 0.2) is 0 Å². The molecule has 0 aromatic carbocycles. The molecule has 2 unspecified atom stereocenters. The lowest BCUT2D eigenvalue weighted by Crippen LogP contribution is -2.21. The molecule has 17 heavy (non-hydrogen) atoms. The van der Waals surface area contributed by atoms with Gasteiger partial charge in [-0.05, 0) is 35.0 Å². The lowest BCUT2D eigenvalue weighted by molar-refractivity contribution is 0.728. The van der Waals surface area contributed by atoms with Crippen LogP contribution in [0, 0.1) is 0 Å². The highest BCUT2D eigenvalue weighted by Gasteiger charge is 2.20. The Labute approximate surface area is 117 Å². The number of hydrogen-bond donors (Lipinski definition) is 1. The molecule has 0 fully saturated rings. The normalized spacial score (nSPS) is 14.5. The fourth-order valence-corrected chi connectivity index (χ4v) is 4.14. The van der Waals surface area contributed by atoms with Crippen LogP contribution in [0.5, 0.6) is 0 Å². The third-order valence-electron chi connectivity index (χ3n) is 2.15. The summed E-state index contributed by atoms with van der Waals surface area (Å²) >= 11 is 6.86. The van der Waals surface area contributed by atoms with Crippen molar-refractivity contribution >= 4 is 39.0 Å². The van der Waals surface area contributed by atoms with E-state index in [1.807, 2.05) is 13.0 Å². The standard InChI is InChI=1S/C11H12BrN3S2/c1-7(13)11(9-4-8(12)5-16-9)17-10-2-3-14-6-15-10/h2-7,11H,13H2,1H3. The van der Waals surface area contributed by atoms with E-state index in [9.17, 15) is 0 Å². The molecule has 0 aliphatic heterocycles. The van der Waals surface area contributed by atoms with Crippen LogP contribution in [0.25, 0.3) is 0 Å². The first-order chi connectivity index (χ1) is 8.16. The molecule has 0 spiro atoms. The summed E-state index contributed by atoms with van der Waals surface area (Å²) in [6, 6.07) is 4.09. The minimum atomic E-state index is 0.0699. The average Bonchev–Trinajstić information content (AvgIpc) is 2.73. The number of aromatic nitrogens is 2. The molecule has 2 aromatic rings. The lowest BCUT2D eigenvalue weighted by Gasteiger charge is -2.18. The molecule has 0 bridgehead atoms. The number of thioether (sulfide) groups is 1. The summed E-state index contributed by atoms with van der Waals surface area (Å²) in [6.07, 6.45) is 3.31. The van der Waals surface area contributed by atoms with Gasteiger partial charge in [0.05, 0.1) is 5.25 Å². The first-order valence-electron chi connectivity index (χ1n) is 5.09. The Morgan fingerprint density at radius 3 is 2.88 bits per heavy atom. The van der Waals surface area contributed by atoms with Crippen LogP contribution in [0.1, 0.15) is 17.1 Å². The Balaban J connectivity index is 2.19. The van der Waals surface area contributed by atoms with Crippen LogP contribution in [0.15, 0.2) is 39.5 Å². The molecule has 90 valence electrons. The zero-order valence-electron chi connectivity index (χ0n) is 9.21. The van der Waals surface area contributed by atoms with Crippen molar-refractivity contribution in [1.29, 1.82) is 0 Å². The third-order valence-corrected chi connectivity index (χ3v) is 5.49. The third kappa shape index (κ3) is 3.51. The monoisotopic (exact) mass is 329 g/mol. The minimum absolute atomic E-state index is 0.0699. The molecule has 0 aliphatic rings. The zero-order chi connectivity index (χ0) is 12.3. The van der Waals surface area contributed by atoms with Crippen molar-refractivity contribution in [3.05, 3.63) is 39.4 Å². The van der Waals surface area contributed by atoms with Gasteiger partial charge in [0.2, 0.25) is 0 Å². The predicted molar refractivity (Wildman–Crippen MR) is 76.3 cm³/mol. The van der Waals surface area contributed by atoms with Crippen LogP contribution < -0.4 is 5.73 Å². The highest BCUT2D eigenvalue weighted by Crippen LogP contribution is 2.39. The molecule has 6 heteroatoms. The highest BCUT2D eigenvalue weighted by atomic mass is 79.9. The van der Waals surface area contributed by atoms with Crippen LogP contribution in [0.2, 0.25) is 0 Å². The Morgan fingerprint density at radius 1 is 1.53 bits per heavy atom. The van der Waals surface area contributed by atoms with Gasteiger partial charge < -0.3 is 5.73 Å². The molecular weight excluding hydrogens is 318 g/mol. The molecule has 2 atom stereocenters. The summed E-state index contributed by atoms with van der Waals surface area (Å²) in [5.41, 5.74) is 6.05. The maximum atomic E-state index is 6.05. The predicted octanol–water partition coefficient (Wildman–Crippen LogP) is 3.48. The SMILES string of the molecule is CC(N)C(Sc1ccncn1)c1cc(Br)cs1. The molecule has 2 N–H and O–H groups in total. The quantitative estimate of drug-likeness (QED) is 0.689. The van der Waals surface area contributed by atoms with E-state index in [4.69, 9.17) is 5.73 Å². The maximum Gasteiger partial charge on any atom is 0.116 e. The van der Waals surface area contributed by atoms with Gasteiger partial charge in [-0.25, -0.2) is 9.97 Å². The fraction of sp³-hybridized carbons (Fsp3) is 0.273. The van der Waals surface area contributed by atoms with Crippen molar-refractivity contribution in [2.24, 2.45) is 5.73 Å². The molecule has 2 rings (SSSR count). The molecule has 2 heterocycles. The summed E-state index contributed by atoms with van der Waals surface area (Å²) in [7, 11) is 0. The average molecular weight is 330 g/mol. The van der Waals surface area contributed by atoms with Crippen molar-refractivity contribution in [3.8, 4) is 0 Å². The molecule has 0 radical (unpaired) electrons. The topological polar surface area (TPSA) is 51.8 Å². The van der Waals surface area contributed by atoms with E-state index in [1.54, 1.807) is 35.6 Å². The van der Waals surface area contributed by atoms with Crippen molar-refractivity contribution < 1.29 is 0 Å². The van der Waals surface area contributed by atoms with Crippen molar-refractivity contribution in [2.75, 3.05) is 0 Å². The second kappa shape index (κ2) is 5.95. The number of thiophene rings is 1. The van der Waals surface area contributed by atoms with E-state index in [-0.39, 0.29) is 11.3 Å². The number of hydrogen-bond acceptors (Lipinski definition) is 5. The second-order valence-corrected chi connectivity index (χ2v) is 6.63. The van der Waals surface area contributed by atoms with Gasteiger partial charge in [-0.15, -0.1) is 11.3 Å². The van der Waals surface area contributed by atoms with Crippen LogP contribution in [-0.2, 0) is 0 Å². The Bertz CT molecular complexity index is 473. The highest BCUT2D eigenvalue weighted by molar-refractivity contribution is 9.10. The number of rotatable bonds is 4. The minimum Gasteiger partial charge on any atom is -0.327 e. The molecular formula is C11H12BrN3S2. The Kier molecular flexibility index (Phi) is 4.55. The summed E-state index contributed by atoms with van der Waals surface area (Å²) in [5, 5.41) is 3.25. The largest absolute Gasteiger partial charge is 0.327 e. The van der Waals surface area contributed by atoms with Crippen LogP contribution >= 0.6 is 39.0 Å². The molecule has 0 amide bonds. The van der Waals surface area contributed by atoms with E-state index >= 15 is 0 Å². The van der Waals surface area contributed by atoms with E-state index in [2.05, 4.69) is 37.3 Å².